The number of nitrogens with one attached hydrogen (secondary N) is 2. The smallest absolute Gasteiger partial charge is 0.231 e. The average Bonchev–Trinajstić information content (AvgIpc) is 3.05. The van der Waals surface area contributed by atoms with Crippen molar-refractivity contribution in [1.29, 1.82) is 0 Å². The summed E-state index contributed by atoms with van der Waals surface area (Å²) in [6.07, 6.45) is 0.903. The zero-order valence-corrected chi connectivity index (χ0v) is 17.1. The van der Waals surface area contributed by atoms with Gasteiger partial charge < -0.3 is 20.2 Å². The summed E-state index contributed by atoms with van der Waals surface area (Å²) in [6, 6.07) is 10.7. The van der Waals surface area contributed by atoms with Crippen molar-refractivity contribution in [3.05, 3.63) is 42.0 Å². The minimum absolute atomic E-state index is 0.0393. The average molecular weight is 398 g/mol. The number of aromatic hydroxyl groups is 1. The van der Waals surface area contributed by atoms with Crippen LogP contribution in [-0.2, 0) is 11.2 Å². The van der Waals surface area contributed by atoms with Crippen LogP contribution in [0.5, 0.6) is 5.75 Å². The standard InChI is InChI=1S/C21H23N3O3S/c1-5-12-6-9-17-15(10-12)23-18(27-17)14-11-13(7-8-16(14)25)22-20(28)24-19(26)21(2,3)4/h6-11,25H,5H2,1-4H3,(H2,22,24,26,28). The number of oxazole rings is 1. The van der Waals surface area contributed by atoms with Crippen molar-refractivity contribution in [3.63, 3.8) is 0 Å². The van der Waals surface area contributed by atoms with E-state index in [0.717, 1.165) is 17.5 Å². The number of fused-ring (bicyclic) bond motifs is 1. The maximum absolute atomic E-state index is 12.1. The molecule has 3 aromatic rings. The Morgan fingerprint density at radius 2 is 1.96 bits per heavy atom. The number of benzene rings is 2. The Balaban J connectivity index is 1.85. The predicted octanol–water partition coefficient (Wildman–Crippen LogP) is 4.62. The first-order valence-corrected chi connectivity index (χ1v) is 9.43. The van der Waals surface area contributed by atoms with Gasteiger partial charge in [0.1, 0.15) is 11.3 Å². The van der Waals surface area contributed by atoms with Crippen LogP contribution >= 0.6 is 12.2 Å². The van der Waals surface area contributed by atoms with E-state index < -0.39 is 5.41 Å². The summed E-state index contributed by atoms with van der Waals surface area (Å²) in [5, 5.41) is 16.1. The van der Waals surface area contributed by atoms with Gasteiger partial charge in [0.15, 0.2) is 10.7 Å². The molecule has 0 radical (unpaired) electrons. The number of rotatable bonds is 3. The third-order valence-electron chi connectivity index (χ3n) is 4.25. The predicted molar refractivity (Wildman–Crippen MR) is 114 cm³/mol. The molecule has 1 heterocycles. The lowest BCUT2D eigenvalue weighted by Crippen LogP contribution is -2.41. The quantitative estimate of drug-likeness (QED) is 0.441. The van der Waals surface area contributed by atoms with Gasteiger partial charge in [-0.25, -0.2) is 4.98 Å². The molecule has 0 atom stereocenters. The van der Waals surface area contributed by atoms with E-state index in [9.17, 15) is 9.90 Å². The van der Waals surface area contributed by atoms with Crippen LogP contribution in [0.1, 0.15) is 33.3 Å². The summed E-state index contributed by atoms with van der Waals surface area (Å²) in [7, 11) is 0. The van der Waals surface area contributed by atoms with Crippen LogP contribution in [0.25, 0.3) is 22.6 Å². The van der Waals surface area contributed by atoms with E-state index in [4.69, 9.17) is 16.6 Å². The second-order valence-corrected chi connectivity index (χ2v) is 7.97. The summed E-state index contributed by atoms with van der Waals surface area (Å²) in [5.41, 5.74) is 3.03. The van der Waals surface area contributed by atoms with Gasteiger partial charge in [0, 0.05) is 11.1 Å². The minimum atomic E-state index is -0.554. The molecule has 0 saturated heterocycles. The van der Waals surface area contributed by atoms with E-state index in [-0.39, 0.29) is 16.8 Å². The molecule has 6 nitrogen and oxygen atoms in total. The third-order valence-corrected chi connectivity index (χ3v) is 4.46. The molecule has 28 heavy (non-hydrogen) atoms. The molecule has 3 N–H and O–H groups in total. The number of amides is 1. The summed E-state index contributed by atoms with van der Waals surface area (Å²) in [6.45, 7) is 7.49. The van der Waals surface area contributed by atoms with Gasteiger partial charge in [0.05, 0.1) is 5.56 Å². The fraction of sp³-hybridized carbons (Fsp3) is 0.286. The maximum Gasteiger partial charge on any atom is 0.231 e. The van der Waals surface area contributed by atoms with E-state index in [0.29, 0.717) is 22.7 Å². The van der Waals surface area contributed by atoms with Crippen molar-refractivity contribution in [2.45, 2.75) is 34.1 Å². The zero-order valence-electron chi connectivity index (χ0n) is 16.3. The number of nitrogens with zero attached hydrogens (tertiary/aromatic N) is 1. The first-order chi connectivity index (χ1) is 13.2. The molecule has 1 amide bonds. The van der Waals surface area contributed by atoms with E-state index in [1.807, 2.05) is 18.2 Å². The number of phenols is 1. The number of carbonyl (C=O) groups excluding carboxylic acids is 1. The first kappa shape index (κ1) is 19.8. The Kier molecular flexibility index (Phi) is 5.38. The van der Waals surface area contributed by atoms with Crippen LogP contribution in [0, 0.1) is 5.41 Å². The highest BCUT2D eigenvalue weighted by Gasteiger charge is 2.22. The minimum Gasteiger partial charge on any atom is -0.507 e. The Morgan fingerprint density at radius 1 is 1.21 bits per heavy atom. The van der Waals surface area contributed by atoms with Crippen molar-refractivity contribution in [2.75, 3.05) is 5.32 Å². The molecule has 2 aromatic carbocycles. The number of thiocarbonyl (C=S) groups is 1. The number of carbonyl (C=O) groups is 1. The van der Waals surface area contributed by atoms with Gasteiger partial charge in [-0.1, -0.05) is 33.8 Å². The molecule has 146 valence electrons. The van der Waals surface area contributed by atoms with Crippen molar-refractivity contribution in [3.8, 4) is 17.2 Å². The topological polar surface area (TPSA) is 87.4 Å². The van der Waals surface area contributed by atoms with Gasteiger partial charge in [-0.05, 0) is 54.5 Å². The molecule has 0 unspecified atom stereocenters. The SMILES string of the molecule is CCc1ccc2oc(-c3cc(NC(=S)NC(=O)C(C)(C)C)ccc3O)nc2c1. The van der Waals surface area contributed by atoms with Gasteiger partial charge in [-0.15, -0.1) is 0 Å². The van der Waals surface area contributed by atoms with Crippen LogP contribution < -0.4 is 10.6 Å². The molecule has 0 aliphatic carbocycles. The molecule has 0 spiro atoms. The first-order valence-electron chi connectivity index (χ1n) is 9.02. The number of anilines is 1. The molecular weight excluding hydrogens is 374 g/mol. The fourth-order valence-electron chi connectivity index (χ4n) is 2.55. The molecule has 1 aromatic heterocycles. The second-order valence-electron chi connectivity index (χ2n) is 7.56. The van der Waals surface area contributed by atoms with E-state index >= 15 is 0 Å². The van der Waals surface area contributed by atoms with Gasteiger partial charge in [-0.3, -0.25) is 4.79 Å². The van der Waals surface area contributed by atoms with Gasteiger partial charge >= 0.3 is 0 Å². The third kappa shape index (κ3) is 4.31. The Morgan fingerprint density at radius 3 is 2.64 bits per heavy atom. The normalized spacial score (nSPS) is 11.4. The molecule has 3 rings (SSSR count). The van der Waals surface area contributed by atoms with Crippen LogP contribution in [0.15, 0.2) is 40.8 Å². The number of phenolic OH excluding ortho intramolecular Hbond substituents is 1. The molecular formula is C21H23N3O3S. The Bertz CT molecular complexity index is 1050. The van der Waals surface area contributed by atoms with Crippen LogP contribution in [0.4, 0.5) is 5.69 Å². The number of aryl methyl sites for hydroxylation is 1. The van der Waals surface area contributed by atoms with Crippen LogP contribution in [0.3, 0.4) is 0 Å². The largest absolute Gasteiger partial charge is 0.507 e. The highest BCUT2D eigenvalue weighted by atomic mass is 32.1. The number of hydrogen-bond donors (Lipinski definition) is 3. The molecule has 0 aliphatic rings. The van der Waals surface area contributed by atoms with Crippen molar-refractivity contribution < 1.29 is 14.3 Å². The lowest BCUT2D eigenvalue weighted by atomic mass is 9.96. The molecule has 0 fully saturated rings. The summed E-state index contributed by atoms with van der Waals surface area (Å²) >= 11 is 5.21. The monoisotopic (exact) mass is 397 g/mol. The molecule has 7 heteroatoms. The van der Waals surface area contributed by atoms with E-state index in [1.165, 1.54) is 6.07 Å². The summed E-state index contributed by atoms with van der Waals surface area (Å²) < 4.78 is 5.80. The number of aromatic nitrogens is 1. The van der Waals surface area contributed by atoms with Gasteiger partial charge in [0.25, 0.3) is 0 Å². The second kappa shape index (κ2) is 7.59. The van der Waals surface area contributed by atoms with Crippen LogP contribution in [0.2, 0.25) is 0 Å². The maximum atomic E-state index is 12.1. The van der Waals surface area contributed by atoms with Crippen molar-refractivity contribution >= 4 is 40.0 Å². The molecule has 0 aliphatic heterocycles. The lowest BCUT2D eigenvalue weighted by Gasteiger charge is -2.18. The van der Waals surface area contributed by atoms with Crippen molar-refractivity contribution in [2.24, 2.45) is 5.41 Å². The van der Waals surface area contributed by atoms with Gasteiger partial charge in [-0.2, -0.15) is 0 Å². The highest BCUT2D eigenvalue weighted by molar-refractivity contribution is 7.80. The molecule has 0 saturated carbocycles. The van der Waals surface area contributed by atoms with E-state index in [1.54, 1.807) is 32.9 Å². The van der Waals surface area contributed by atoms with Gasteiger partial charge in [0.2, 0.25) is 11.8 Å². The zero-order chi connectivity index (χ0) is 20.5. The van der Waals surface area contributed by atoms with Crippen molar-refractivity contribution in [1.82, 2.24) is 10.3 Å². The Hall–Kier alpha value is -2.93. The fourth-order valence-corrected chi connectivity index (χ4v) is 2.76. The van der Waals surface area contributed by atoms with E-state index in [2.05, 4.69) is 22.5 Å². The molecule has 0 bridgehead atoms. The number of hydrogen-bond acceptors (Lipinski definition) is 5. The summed E-state index contributed by atoms with van der Waals surface area (Å²) in [4.78, 5) is 16.6. The highest BCUT2D eigenvalue weighted by Crippen LogP contribution is 2.33. The van der Waals surface area contributed by atoms with Crippen LogP contribution in [-0.4, -0.2) is 21.1 Å². The Labute approximate surface area is 169 Å². The lowest BCUT2D eigenvalue weighted by molar-refractivity contribution is -0.126. The summed E-state index contributed by atoms with van der Waals surface area (Å²) in [5.74, 6) is 0.168.